The van der Waals surface area contributed by atoms with Gasteiger partial charge in [0.15, 0.2) is 0 Å². The van der Waals surface area contributed by atoms with Gasteiger partial charge in [-0.1, -0.05) is 18.2 Å². The standard InChI is InChI=1S/C17H27N3O/c1-3-20(16-9-5-4-6-10-16)17(21)14-19(2)13-15-8-7-11-18-12-15/h4-6,9-10,15,18H,3,7-8,11-14H2,1-2H3. The third-order valence-corrected chi connectivity index (χ3v) is 4.06. The second-order valence-electron chi connectivity index (χ2n) is 5.88. The predicted octanol–water partition coefficient (Wildman–Crippen LogP) is 1.97. The van der Waals surface area contributed by atoms with Crippen molar-refractivity contribution in [3.63, 3.8) is 0 Å². The summed E-state index contributed by atoms with van der Waals surface area (Å²) in [7, 11) is 2.05. The van der Waals surface area contributed by atoms with Crippen LogP contribution < -0.4 is 10.2 Å². The highest BCUT2D eigenvalue weighted by atomic mass is 16.2. The number of piperidine rings is 1. The van der Waals surface area contributed by atoms with Gasteiger partial charge in [0.25, 0.3) is 0 Å². The molecule has 0 aliphatic carbocycles. The maximum Gasteiger partial charge on any atom is 0.241 e. The Labute approximate surface area is 128 Å². The molecule has 1 unspecified atom stereocenters. The molecule has 1 N–H and O–H groups in total. The second kappa shape index (κ2) is 8.15. The maximum absolute atomic E-state index is 12.5. The van der Waals surface area contributed by atoms with Gasteiger partial charge in [0.05, 0.1) is 6.54 Å². The summed E-state index contributed by atoms with van der Waals surface area (Å²) in [6.45, 7) is 6.42. The fourth-order valence-corrected chi connectivity index (χ4v) is 3.01. The SMILES string of the molecule is CCN(C(=O)CN(C)CC1CCCNC1)c1ccccc1. The van der Waals surface area contributed by atoms with Crippen molar-refractivity contribution in [2.24, 2.45) is 5.92 Å². The van der Waals surface area contributed by atoms with Crippen LogP contribution in [0.3, 0.4) is 0 Å². The predicted molar refractivity (Wildman–Crippen MR) is 87.6 cm³/mol. The van der Waals surface area contributed by atoms with E-state index in [9.17, 15) is 4.79 Å². The van der Waals surface area contributed by atoms with Gasteiger partial charge in [-0.15, -0.1) is 0 Å². The summed E-state index contributed by atoms with van der Waals surface area (Å²) in [6, 6.07) is 9.91. The lowest BCUT2D eigenvalue weighted by Crippen LogP contribution is -2.42. The van der Waals surface area contributed by atoms with Crippen LogP contribution in [0, 0.1) is 5.92 Å². The van der Waals surface area contributed by atoms with Crippen molar-refractivity contribution < 1.29 is 4.79 Å². The van der Waals surface area contributed by atoms with E-state index < -0.39 is 0 Å². The average Bonchev–Trinajstić information content (AvgIpc) is 2.50. The van der Waals surface area contributed by atoms with Crippen LogP contribution in [-0.2, 0) is 4.79 Å². The molecule has 4 nitrogen and oxygen atoms in total. The van der Waals surface area contributed by atoms with Gasteiger partial charge in [0.2, 0.25) is 5.91 Å². The van der Waals surface area contributed by atoms with Crippen LogP contribution in [0.1, 0.15) is 19.8 Å². The maximum atomic E-state index is 12.5. The van der Waals surface area contributed by atoms with E-state index in [0.29, 0.717) is 19.0 Å². The molecule has 1 saturated heterocycles. The van der Waals surface area contributed by atoms with E-state index in [4.69, 9.17) is 0 Å². The van der Waals surface area contributed by atoms with Crippen molar-refractivity contribution in [1.29, 1.82) is 0 Å². The zero-order chi connectivity index (χ0) is 15.1. The first-order chi connectivity index (χ1) is 10.2. The highest BCUT2D eigenvalue weighted by molar-refractivity contribution is 5.94. The molecule has 116 valence electrons. The van der Waals surface area contributed by atoms with Gasteiger partial charge >= 0.3 is 0 Å². The van der Waals surface area contributed by atoms with E-state index in [0.717, 1.165) is 25.3 Å². The molecule has 0 spiro atoms. The number of carbonyl (C=O) groups excluding carboxylic acids is 1. The van der Waals surface area contributed by atoms with Crippen LogP contribution in [0.15, 0.2) is 30.3 Å². The molecule has 1 atom stereocenters. The largest absolute Gasteiger partial charge is 0.316 e. The van der Waals surface area contributed by atoms with Gasteiger partial charge in [-0.25, -0.2) is 0 Å². The molecule has 1 aromatic rings. The van der Waals surface area contributed by atoms with Crippen LogP contribution in [0.4, 0.5) is 5.69 Å². The number of nitrogens with zero attached hydrogens (tertiary/aromatic N) is 2. The van der Waals surface area contributed by atoms with Gasteiger partial charge in [-0.05, 0) is 58.0 Å². The smallest absolute Gasteiger partial charge is 0.241 e. The van der Waals surface area contributed by atoms with Crippen LogP contribution >= 0.6 is 0 Å². The number of carbonyl (C=O) groups is 1. The molecule has 1 aliphatic heterocycles. The minimum Gasteiger partial charge on any atom is -0.316 e. The minimum atomic E-state index is 0.176. The summed E-state index contributed by atoms with van der Waals surface area (Å²) in [6.07, 6.45) is 2.51. The van der Waals surface area contributed by atoms with Crippen molar-refractivity contribution in [1.82, 2.24) is 10.2 Å². The summed E-state index contributed by atoms with van der Waals surface area (Å²) < 4.78 is 0. The molecule has 1 heterocycles. The minimum absolute atomic E-state index is 0.176. The van der Waals surface area contributed by atoms with Crippen molar-refractivity contribution in [2.75, 3.05) is 44.7 Å². The number of amides is 1. The van der Waals surface area contributed by atoms with Crippen molar-refractivity contribution in [3.8, 4) is 0 Å². The van der Waals surface area contributed by atoms with E-state index in [-0.39, 0.29) is 5.91 Å². The Balaban J connectivity index is 1.86. The lowest BCUT2D eigenvalue weighted by atomic mass is 9.99. The quantitative estimate of drug-likeness (QED) is 0.870. The normalized spacial score (nSPS) is 18.7. The Bertz CT molecular complexity index is 429. The summed E-state index contributed by atoms with van der Waals surface area (Å²) in [4.78, 5) is 16.5. The van der Waals surface area contributed by atoms with Crippen LogP contribution in [-0.4, -0.2) is 50.6 Å². The Morgan fingerprint density at radius 3 is 2.71 bits per heavy atom. The highest BCUT2D eigenvalue weighted by Gasteiger charge is 2.19. The molecule has 1 aliphatic rings. The number of likely N-dealkylation sites (N-methyl/N-ethyl adjacent to an activating group) is 2. The fraction of sp³-hybridized carbons (Fsp3) is 0.588. The zero-order valence-electron chi connectivity index (χ0n) is 13.2. The molecule has 1 amide bonds. The third kappa shape index (κ3) is 4.83. The first kappa shape index (κ1) is 16.0. The van der Waals surface area contributed by atoms with Gasteiger partial charge in [-0.3, -0.25) is 9.69 Å². The number of hydrogen-bond acceptors (Lipinski definition) is 3. The van der Waals surface area contributed by atoms with E-state index in [1.165, 1.54) is 12.8 Å². The number of rotatable bonds is 6. The van der Waals surface area contributed by atoms with Crippen LogP contribution in [0.2, 0.25) is 0 Å². The van der Waals surface area contributed by atoms with Crippen molar-refractivity contribution in [3.05, 3.63) is 30.3 Å². The van der Waals surface area contributed by atoms with E-state index in [1.54, 1.807) is 0 Å². The summed E-state index contributed by atoms with van der Waals surface area (Å²) in [5.74, 6) is 0.846. The van der Waals surface area contributed by atoms with Gasteiger partial charge in [0.1, 0.15) is 0 Å². The number of nitrogens with one attached hydrogen (secondary N) is 1. The summed E-state index contributed by atoms with van der Waals surface area (Å²) >= 11 is 0. The second-order valence-corrected chi connectivity index (χ2v) is 5.88. The first-order valence-electron chi connectivity index (χ1n) is 7.95. The van der Waals surface area contributed by atoms with E-state index in [2.05, 4.69) is 10.2 Å². The molecule has 0 bridgehead atoms. The number of benzene rings is 1. The fourth-order valence-electron chi connectivity index (χ4n) is 3.01. The third-order valence-electron chi connectivity index (χ3n) is 4.06. The molecule has 2 rings (SSSR count). The molecular formula is C17H27N3O. The molecule has 0 saturated carbocycles. The molecule has 1 aromatic carbocycles. The van der Waals surface area contributed by atoms with E-state index >= 15 is 0 Å². The zero-order valence-corrected chi connectivity index (χ0v) is 13.2. The Morgan fingerprint density at radius 2 is 2.10 bits per heavy atom. The van der Waals surface area contributed by atoms with E-state index in [1.807, 2.05) is 49.2 Å². The Morgan fingerprint density at radius 1 is 1.33 bits per heavy atom. The van der Waals surface area contributed by atoms with Crippen LogP contribution in [0.5, 0.6) is 0 Å². The molecule has 0 aromatic heterocycles. The molecule has 21 heavy (non-hydrogen) atoms. The molecule has 1 fully saturated rings. The topological polar surface area (TPSA) is 35.6 Å². The summed E-state index contributed by atoms with van der Waals surface area (Å²) in [5, 5.41) is 3.43. The van der Waals surface area contributed by atoms with Crippen molar-refractivity contribution >= 4 is 11.6 Å². The van der Waals surface area contributed by atoms with Gasteiger partial charge in [-0.2, -0.15) is 0 Å². The number of hydrogen-bond donors (Lipinski definition) is 1. The van der Waals surface area contributed by atoms with Crippen molar-refractivity contribution in [2.45, 2.75) is 19.8 Å². The van der Waals surface area contributed by atoms with Gasteiger partial charge < -0.3 is 10.2 Å². The molecule has 4 heteroatoms. The Kier molecular flexibility index (Phi) is 6.21. The molecule has 0 radical (unpaired) electrons. The van der Waals surface area contributed by atoms with Crippen LogP contribution in [0.25, 0.3) is 0 Å². The molecular weight excluding hydrogens is 262 g/mol. The monoisotopic (exact) mass is 289 g/mol. The lowest BCUT2D eigenvalue weighted by molar-refractivity contribution is -0.119. The summed E-state index contributed by atoms with van der Waals surface area (Å²) in [5.41, 5.74) is 0.984. The first-order valence-corrected chi connectivity index (χ1v) is 7.95. The lowest BCUT2D eigenvalue weighted by Gasteiger charge is -2.29. The number of para-hydroxylation sites is 1. The Hall–Kier alpha value is -1.39. The van der Waals surface area contributed by atoms with Gasteiger partial charge in [0, 0.05) is 18.8 Å². The average molecular weight is 289 g/mol. The number of anilines is 1. The highest BCUT2D eigenvalue weighted by Crippen LogP contribution is 2.14.